The fourth-order valence-corrected chi connectivity index (χ4v) is 2.27. The molecule has 0 bridgehead atoms. The summed E-state index contributed by atoms with van der Waals surface area (Å²) in [4.78, 5) is 49.9. The first-order valence-corrected chi connectivity index (χ1v) is 7.83. The number of hydrogen-bond donors (Lipinski definition) is 1. The minimum Gasteiger partial charge on any atom is -0.354 e. The van der Waals surface area contributed by atoms with Gasteiger partial charge in [0, 0.05) is 30.4 Å². The molecule has 8 heteroatoms. The third-order valence-corrected chi connectivity index (χ3v) is 3.36. The molecule has 1 saturated heterocycles. The molecule has 1 aliphatic heterocycles. The molecular weight excluding hydrogens is 296 g/mol. The van der Waals surface area contributed by atoms with Crippen LogP contribution in [0.25, 0.3) is 0 Å². The molecule has 1 radical (unpaired) electrons. The Hall–Kier alpha value is -1.57. The monoisotopic (exact) mass is 315 g/mol. The maximum absolute atomic E-state index is 11.5. The lowest BCUT2D eigenvalue weighted by Crippen LogP contribution is -2.32. The minimum atomic E-state index is -0.627. The number of thioether (sulfide) groups is 1. The van der Waals surface area contributed by atoms with E-state index in [1.165, 1.54) is 18.2 Å². The number of nitrogens with zero attached hydrogens (tertiary/aromatic N) is 1. The first kappa shape index (κ1) is 17.5. The quantitative estimate of drug-likeness (QED) is 0.516. The minimum absolute atomic E-state index is 0.0708. The van der Waals surface area contributed by atoms with Crippen molar-refractivity contribution in [3.05, 3.63) is 6.42 Å². The molecular formula is C13H19N2O5S. The molecule has 1 rings (SSSR count). The van der Waals surface area contributed by atoms with E-state index in [0.717, 1.165) is 0 Å². The van der Waals surface area contributed by atoms with E-state index in [1.54, 1.807) is 0 Å². The average molecular weight is 315 g/mol. The van der Waals surface area contributed by atoms with E-state index in [1.807, 2.05) is 13.8 Å². The highest BCUT2D eigenvalue weighted by Crippen LogP contribution is 2.13. The predicted molar refractivity (Wildman–Crippen MR) is 76.7 cm³/mol. The zero-order valence-corrected chi connectivity index (χ0v) is 12.9. The van der Waals surface area contributed by atoms with Gasteiger partial charge in [0.05, 0.1) is 12.8 Å². The second kappa shape index (κ2) is 8.66. The summed E-state index contributed by atoms with van der Waals surface area (Å²) in [6.45, 7) is 3.74. The molecule has 1 aliphatic rings. The summed E-state index contributed by atoms with van der Waals surface area (Å²) in [5, 5.41) is 3.26. The van der Waals surface area contributed by atoms with Crippen LogP contribution in [0, 0.1) is 6.42 Å². The van der Waals surface area contributed by atoms with Crippen molar-refractivity contribution in [3.63, 3.8) is 0 Å². The van der Waals surface area contributed by atoms with Crippen LogP contribution in [0.15, 0.2) is 0 Å². The summed E-state index contributed by atoms with van der Waals surface area (Å²) < 4.78 is 0. The van der Waals surface area contributed by atoms with E-state index >= 15 is 0 Å². The van der Waals surface area contributed by atoms with E-state index in [4.69, 9.17) is 4.84 Å². The number of hydroxylamine groups is 2. The summed E-state index contributed by atoms with van der Waals surface area (Å²) in [5.74, 6) is -0.820. The number of rotatable bonds is 8. The van der Waals surface area contributed by atoms with Crippen molar-refractivity contribution in [2.24, 2.45) is 0 Å². The molecule has 117 valence electrons. The van der Waals surface area contributed by atoms with E-state index in [2.05, 4.69) is 5.32 Å². The normalized spacial score (nSPS) is 14.7. The van der Waals surface area contributed by atoms with E-state index in [-0.39, 0.29) is 31.2 Å². The number of carbonyl (C=O) groups is 4. The topological polar surface area (TPSA) is 92.8 Å². The first-order chi connectivity index (χ1) is 9.90. The number of nitrogens with one attached hydrogen (secondary N) is 1. The zero-order valence-electron chi connectivity index (χ0n) is 12.1. The van der Waals surface area contributed by atoms with Crippen molar-refractivity contribution in [3.8, 4) is 0 Å². The van der Waals surface area contributed by atoms with Gasteiger partial charge in [0.15, 0.2) is 0 Å². The lowest BCUT2D eigenvalue weighted by Gasteiger charge is -2.12. The van der Waals surface area contributed by atoms with Crippen LogP contribution in [-0.4, -0.2) is 46.3 Å². The molecule has 1 fully saturated rings. The highest BCUT2D eigenvalue weighted by molar-refractivity contribution is 7.99. The largest absolute Gasteiger partial charge is 0.354 e. The van der Waals surface area contributed by atoms with Crippen molar-refractivity contribution >= 4 is 35.5 Å². The Bertz CT molecular complexity index is 409. The number of hydrogen-bond acceptors (Lipinski definition) is 6. The highest BCUT2D eigenvalue weighted by atomic mass is 32.2. The molecule has 0 spiro atoms. The predicted octanol–water partition coefficient (Wildman–Crippen LogP) is 0.446. The molecule has 0 unspecified atom stereocenters. The van der Waals surface area contributed by atoms with Gasteiger partial charge < -0.3 is 10.2 Å². The lowest BCUT2D eigenvalue weighted by atomic mass is 10.3. The SMILES string of the molecule is CC(C)NC(=O)[CH]CSCCC(=O)ON1C(=O)CCC1=O. The van der Waals surface area contributed by atoms with Crippen LogP contribution in [0.2, 0.25) is 0 Å². The molecule has 0 atom stereocenters. The Morgan fingerprint density at radius 3 is 2.52 bits per heavy atom. The van der Waals surface area contributed by atoms with Crippen molar-refractivity contribution in [2.45, 2.75) is 39.2 Å². The maximum Gasteiger partial charge on any atom is 0.334 e. The summed E-state index contributed by atoms with van der Waals surface area (Å²) >= 11 is 1.39. The van der Waals surface area contributed by atoms with E-state index < -0.39 is 17.8 Å². The fourth-order valence-electron chi connectivity index (χ4n) is 1.52. The van der Waals surface area contributed by atoms with Gasteiger partial charge in [-0.3, -0.25) is 14.4 Å². The number of amides is 3. The molecule has 7 nitrogen and oxygen atoms in total. The molecule has 1 N–H and O–H groups in total. The fraction of sp³-hybridized carbons (Fsp3) is 0.615. The third-order valence-electron chi connectivity index (χ3n) is 2.47. The van der Waals surface area contributed by atoms with Gasteiger partial charge in [-0.05, 0) is 13.8 Å². The standard InChI is InChI=1S/C13H19N2O5S/c1-9(2)14-10(16)5-7-21-8-6-13(19)20-15-11(17)3-4-12(15)18/h5,9H,3-4,6-8H2,1-2H3,(H,14,16). The second-order valence-electron chi connectivity index (χ2n) is 4.74. The summed E-state index contributed by atoms with van der Waals surface area (Å²) in [7, 11) is 0. The van der Waals surface area contributed by atoms with Crippen molar-refractivity contribution in [1.82, 2.24) is 10.4 Å². The number of imide groups is 1. The van der Waals surface area contributed by atoms with Crippen LogP contribution >= 0.6 is 11.8 Å². The Kier molecular flexibility index (Phi) is 7.21. The Morgan fingerprint density at radius 2 is 1.95 bits per heavy atom. The van der Waals surface area contributed by atoms with Crippen molar-refractivity contribution in [2.75, 3.05) is 11.5 Å². The summed E-state index contributed by atoms with van der Waals surface area (Å²) in [6.07, 6.45) is 1.74. The van der Waals surface area contributed by atoms with Gasteiger partial charge in [-0.1, -0.05) is 0 Å². The van der Waals surface area contributed by atoms with Crippen LogP contribution in [0.4, 0.5) is 0 Å². The van der Waals surface area contributed by atoms with Gasteiger partial charge in [-0.2, -0.15) is 11.8 Å². The van der Waals surface area contributed by atoms with Crippen molar-refractivity contribution < 1.29 is 24.0 Å². The van der Waals surface area contributed by atoms with Crippen LogP contribution in [0.5, 0.6) is 0 Å². The highest BCUT2D eigenvalue weighted by Gasteiger charge is 2.32. The van der Waals surface area contributed by atoms with Gasteiger partial charge in [-0.25, -0.2) is 4.79 Å². The second-order valence-corrected chi connectivity index (χ2v) is 5.89. The van der Waals surface area contributed by atoms with Gasteiger partial charge in [0.2, 0.25) is 5.91 Å². The molecule has 0 aromatic rings. The summed E-state index contributed by atoms with van der Waals surface area (Å²) in [5.41, 5.74) is 0. The Morgan fingerprint density at radius 1 is 1.33 bits per heavy atom. The Balaban J connectivity index is 2.10. The van der Waals surface area contributed by atoms with E-state index in [9.17, 15) is 19.2 Å². The van der Waals surface area contributed by atoms with Gasteiger partial charge >= 0.3 is 5.97 Å². The lowest BCUT2D eigenvalue weighted by molar-refractivity contribution is -0.197. The van der Waals surface area contributed by atoms with Crippen LogP contribution in [0.1, 0.15) is 33.1 Å². The molecule has 3 amide bonds. The van der Waals surface area contributed by atoms with Crippen LogP contribution in [0.3, 0.4) is 0 Å². The first-order valence-electron chi connectivity index (χ1n) is 6.68. The average Bonchev–Trinajstić information content (AvgIpc) is 2.69. The summed E-state index contributed by atoms with van der Waals surface area (Å²) in [6, 6.07) is 0.0873. The maximum atomic E-state index is 11.5. The van der Waals surface area contributed by atoms with Crippen molar-refractivity contribution in [1.29, 1.82) is 0 Å². The molecule has 0 saturated carbocycles. The number of carbonyl (C=O) groups excluding carboxylic acids is 4. The zero-order chi connectivity index (χ0) is 15.8. The molecule has 1 heterocycles. The van der Waals surface area contributed by atoms with Crippen LogP contribution < -0.4 is 5.32 Å². The molecule has 0 aromatic heterocycles. The van der Waals surface area contributed by atoms with E-state index in [0.29, 0.717) is 16.6 Å². The molecule has 0 aromatic carbocycles. The van der Waals surface area contributed by atoms with Gasteiger partial charge in [-0.15, -0.1) is 5.06 Å². The smallest absolute Gasteiger partial charge is 0.334 e. The van der Waals surface area contributed by atoms with Gasteiger partial charge in [0.1, 0.15) is 0 Å². The van der Waals surface area contributed by atoms with Gasteiger partial charge in [0.25, 0.3) is 11.8 Å². The molecule has 21 heavy (non-hydrogen) atoms. The Labute approximate surface area is 127 Å². The van der Waals surface area contributed by atoms with Crippen LogP contribution in [-0.2, 0) is 24.0 Å². The third kappa shape index (κ3) is 6.61. The molecule has 0 aliphatic carbocycles.